The lowest BCUT2D eigenvalue weighted by atomic mass is 10.1. The topological polar surface area (TPSA) is 67.2 Å². The van der Waals surface area contributed by atoms with Crippen LogP contribution in [0.25, 0.3) is 0 Å². The van der Waals surface area contributed by atoms with E-state index >= 15 is 0 Å². The summed E-state index contributed by atoms with van der Waals surface area (Å²) in [6, 6.07) is 5.17. The van der Waals surface area contributed by atoms with Crippen LogP contribution >= 0.6 is 0 Å². The molecule has 24 heavy (non-hydrogen) atoms. The zero-order valence-corrected chi connectivity index (χ0v) is 15.2. The fourth-order valence-corrected chi connectivity index (χ4v) is 4.39. The molecule has 0 amide bonds. The number of nitrogens with zero attached hydrogens (tertiary/aromatic N) is 3. The Kier molecular flexibility index (Phi) is 4.64. The van der Waals surface area contributed by atoms with Crippen LogP contribution in [0.2, 0.25) is 0 Å². The zero-order chi connectivity index (χ0) is 17.3. The maximum absolute atomic E-state index is 12.7. The lowest BCUT2D eigenvalue weighted by Crippen LogP contribution is -2.47. The molecule has 1 fully saturated rings. The van der Waals surface area contributed by atoms with Crippen LogP contribution in [0, 0.1) is 13.8 Å². The summed E-state index contributed by atoms with van der Waals surface area (Å²) >= 11 is 0. The number of aromatic nitrogens is 2. The monoisotopic (exact) mass is 348 g/mol. The molecular weight excluding hydrogens is 324 g/mol. The normalized spacial score (nSPS) is 18.8. The number of anilines is 1. The van der Waals surface area contributed by atoms with Crippen LogP contribution in [0.5, 0.6) is 0 Å². The smallest absolute Gasteiger partial charge is 0.240 e. The molecule has 1 aliphatic rings. The summed E-state index contributed by atoms with van der Waals surface area (Å²) in [5.41, 5.74) is 3.11. The minimum Gasteiger partial charge on any atom is -0.367 e. The Morgan fingerprint density at radius 1 is 1.25 bits per heavy atom. The maximum atomic E-state index is 12.7. The molecular formula is C17H24N4O2S. The molecule has 1 aromatic heterocycles. The second kappa shape index (κ2) is 6.57. The summed E-state index contributed by atoms with van der Waals surface area (Å²) in [5.74, 6) is 0. The van der Waals surface area contributed by atoms with Gasteiger partial charge >= 0.3 is 0 Å². The molecule has 1 unspecified atom stereocenters. The van der Waals surface area contributed by atoms with Gasteiger partial charge in [-0.05, 0) is 49.9 Å². The number of hydrogen-bond donors (Lipinski definition) is 1. The van der Waals surface area contributed by atoms with Gasteiger partial charge in [0.1, 0.15) is 0 Å². The molecule has 6 nitrogen and oxygen atoms in total. The van der Waals surface area contributed by atoms with Crippen molar-refractivity contribution in [2.45, 2.75) is 37.6 Å². The Morgan fingerprint density at radius 2 is 2.04 bits per heavy atom. The standard InChI is InChI=1S/C17H24N4O2S/c1-13-6-7-17(9-14(13)2)24(22,23)19-15-5-4-8-21(11-15)16-10-18-20(3)12-16/h6-7,9-10,12,15,19H,4-5,8,11H2,1-3H3. The number of sulfonamides is 1. The summed E-state index contributed by atoms with van der Waals surface area (Å²) in [6.45, 7) is 5.49. The van der Waals surface area contributed by atoms with E-state index in [1.165, 1.54) is 0 Å². The van der Waals surface area contributed by atoms with Crippen LogP contribution in [0.4, 0.5) is 5.69 Å². The predicted octanol–water partition coefficient (Wildman–Crippen LogP) is 1.98. The summed E-state index contributed by atoms with van der Waals surface area (Å²) in [6.07, 6.45) is 5.58. The minimum absolute atomic E-state index is 0.0921. The molecule has 1 N–H and O–H groups in total. The van der Waals surface area contributed by atoms with Crippen molar-refractivity contribution in [1.82, 2.24) is 14.5 Å². The first kappa shape index (κ1) is 17.0. The van der Waals surface area contributed by atoms with E-state index in [2.05, 4.69) is 14.7 Å². The van der Waals surface area contributed by atoms with E-state index in [0.29, 0.717) is 11.4 Å². The van der Waals surface area contributed by atoms with Gasteiger partial charge in [0.25, 0.3) is 0 Å². The number of nitrogens with one attached hydrogen (secondary N) is 1. The highest BCUT2D eigenvalue weighted by Crippen LogP contribution is 2.21. The van der Waals surface area contributed by atoms with E-state index in [0.717, 1.165) is 36.2 Å². The third-order valence-corrected chi connectivity index (χ3v) is 6.11. The molecule has 2 aromatic rings. The molecule has 130 valence electrons. The number of aryl methyl sites for hydroxylation is 3. The molecule has 0 spiro atoms. The lowest BCUT2D eigenvalue weighted by Gasteiger charge is -2.33. The van der Waals surface area contributed by atoms with Gasteiger partial charge in [-0.1, -0.05) is 6.07 Å². The number of piperidine rings is 1. The zero-order valence-electron chi connectivity index (χ0n) is 14.4. The average molecular weight is 348 g/mol. The van der Waals surface area contributed by atoms with E-state index in [1.807, 2.05) is 39.4 Å². The van der Waals surface area contributed by atoms with Crippen molar-refractivity contribution >= 4 is 15.7 Å². The Bertz CT molecular complexity index is 829. The summed E-state index contributed by atoms with van der Waals surface area (Å²) < 4.78 is 30.0. The first-order valence-corrected chi connectivity index (χ1v) is 9.66. The van der Waals surface area contributed by atoms with Crippen molar-refractivity contribution in [2.75, 3.05) is 18.0 Å². The second-order valence-electron chi connectivity index (χ2n) is 6.52. The third-order valence-electron chi connectivity index (χ3n) is 4.59. The third kappa shape index (κ3) is 3.62. The molecule has 2 heterocycles. The highest BCUT2D eigenvalue weighted by molar-refractivity contribution is 7.89. The molecule has 1 saturated heterocycles. The van der Waals surface area contributed by atoms with E-state index in [-0.39, 0.29) is 6.04 Å². The largest absolute Gasteiger partial charge is 0.367 e. The molecule has 1 aromatic carbocycles. The van der Waals surface area contributed by atoms with Gasteiger partial charge < -0.3 is 4.90 Å². The summed E-state index contributed by atoms with van der Waals surface area (Å²) in [4.78, 5) is 2.52. The van der Waals surface area contributed by atoms with E-state index < -0.39 is 10.0 Å². The van der Waals surface area contributed by atoms with Crippen molar-refractivity contribution in [2.24, 2.45) is 7.05 Å². The van der Waals surface area contributed by atoms with Crippen LogP contribution in [0.15, 0.2) is 35.5 Å². The van der Waals surface area contributed by atoms with Gasteiger partial charge in [-0.2, -0.15) is 5.10 Å². The second-order valence-corrected chi connectivity index (χ2v) is 8.24. The fourth-order valence-electron chi connectivity index (χ4n) is 3.05. The van der Waals surface area contributed by atoms with Crippen LogP contribution in [0.1, 0.15) is 24.0 Å². The van der Waals surface area contributed by atoms with Gasteiger partial charge in [0.2, 0.25) is 10.0 Å². The minimum atomic E-state index is -3.50. The lowest BCUT2D eigenvalue weighted by molar-refractivity contribution is 0.466. The van der Waals surface area contributed by atoms with Crippen LogP contribution in [-0.2, 0) is 17.1 Å². The van der Waals surface area contributed by atoms with E-state index in [4.69, 9.17) is 0 Å². The van der Waals surface area contributed by atoms with Crippen LogP contribution in [-0.4, -0.2) is 37.3 Å². The first-order chi connectivity index (χ1) is 11.3. The highest BCUT2D eigenvalue weighted by atomic mass is 32.2. The highest BCUT2D eigenvalue weighted by Gasteiger charge is 2.26. The number of hydrogen-bond acceptors (Lipinski definition) is 4. The van der Waals surface area contributed by atoms with Gasteiger partial charge in [-0.3, -0.25) is 4.68 Å². The Hall–Kier alpha value is -1.86. The predicted molar refractivity (Wildman–Crippen MR) is 94.7 cm³/mol. The maximum Gasteiger partial charge on any atom is 0.240 e. The van der Waals surface area contributed by atoms with Crippen LogP contribution < -0.4 is 9.62 Å². The van der Waals surface area contributed by atoms with Gasteiger partial charge in [0.15, 0.2) is 0 Å². The Labute approximate surface area is 143 Å². The Balaban J connectivity index is 1.73. The first-order valence-electron chi connectivity index (χ1n) is 8.18. The van der Waals surface area contributed by atoms with Crippen LogP contribution in [0.3, 0.4) is 0 Å². The van der Waals surface area contributed by atoms with E-state index in [9.17, 15) is 8.42 Å². The Morgan fingerprint density at radius 3 is 2.71 bits per heavy atom. The van der Waals surface area contributed by atoms with Crippen molar-refractivity contribution in [1.29, 1.82) is 0 Å². The van der Waals surface area contributed by atoms with Gasteiger partial charge in [-0.15, -0.1) is 0 Å². The van der Waals surface area contributed by atoms with Crippen molar-refractivity contribution in [3.05, 3.63) is 41.7 Å². The molecule has 7 heteroatoms. The van der Waals surface area contributed by atoms with Crippen molar-refractivity contribution in [3.63, 3.8) is 0 Å². The van der Waals surface area contributed by atoms with Crippen molar-refractivity contribution < 1.29 is 8.42 Å². The molecule has 3 rings (SSSR count). The molecule has 0 radical (unpaired) electrons. The molecule has 0 bridgehead atoms. The van der Waals surface area contributed by atoms with E-state index in [1.54, 1.807) is 16.8 Å². The van der Waals surface area contributed by atoms with Crippen molar-refractivity contribution in [3.8, 4) is 0 Å². The molecule has 0 saturated carbocycles. The summed E-state index contributed by atoms with van der Waals surface area (Å²) in [7, 11) is -1.61. The molecule has 0 aliphatic carbocycles. The molecule has 1 atom stereocenters. The summed E-state index contributed by atoms with van der Waals surface area (Å²) in [5, 5.41) is 4.19. The number of rotatable bonds is 4. The number of benzene rings is 1. The quantitative estimate of drug-likeness (QED) is 0.917. The SMILES string of the molecule is Cc1ccc(S(=O)(=O)NC2CCCN(c3cnn(C)c3)C2)cc1C. The fraction of sp³-hybridized carbons (Fsp3) is 0.471. The van der Waals surface area contributed by atoms with Gasteiger partial charge in [0, 0.05) is 32.4 Å². The molecule has 1 aliphatic heterocycles. The van der Waals surface area contributed by atoms with Gasteiger partial charge in [-0.25, -0.2) is 13.1 Å². The average Bonchev–Trinajstić information content (AvgIpc) is 2.96. The van der Waals surface area contributed by atoms with Gasteiger partial charge in [0.05, 0.1) is 16.8 Å².